The van der Waals surface area contributed by atoms with Gasteiger partial charge in [0.25, 0.3) is 0 Å². The number of ether oxygens (including phenoxy) is 3. The highest BCUT2D eigenvalue weighted by atomic mass is 16.6. The maximum Gasteiger partial charge on any atom is 0.306 e. The molecule has 1 atom stereocenters. The summed E-state index contributed by atoms with van der Waals surface area (Å²) in [6.45, 7) is 6.53. The molecule has 0 N–H and O–H groups in total. The van der Waals surface area contributed by atoms with Gasteiger partial charge in [0, 0.05) is 19.3 Å². The summed E-state index contributed by atoms with van der Waals surface area (Å²) in [5.41, 5.74) is 0. The highest BCUT2D eigenvalue weighted by molar-refractivity contribution is 5.71. The molecule has 0 fully saturated rings. The molecule has 0 heterocycles. The van der Waals surface area contributed by atoms with E-state index in [9.17, 15) is 14.4 Å². The van der Waals surface area contributed by atoms with Crippen LogP contribution < -0.4 is 0 Å². The van der Waals surface area contributed by atoms with Crippen LogP contribution in [0.4, 0.5) is 0 Å². The molecule has 0 bridgehead atoms. The molecule has 0 aliphatic rings. The average Bonchev–Trinajstić information content (AvgIpc) is 3.37. The highest BCUT2D eigenvalue weighted by Crippen LogP contribution is 2.18. The Morgan fingerprint density at radius 2 is 0.549 bits per heavy atom. The summed E-state index contributed by atoms with van der Waals surface area (Å²) in [6.07, 6.45) is 74.3. The van der Waals surface area contributed by atoms with Gasteiger partial charge in [-0.1, -0.05) is 301 Å². The zero-order chi connectivity index (χ0) is 51.4. The summed E-state index contributed by atoms with van der Waals surface area (Å²) < 4.78 is 16.8. The molecular weight excluding hydrogens is 877 g/mol. The van der Waals surface area contributed by atoms with Crippen molar-refractivity contribution in [2.75, 3.05) is 13.2 Å². The van der Waals surface area contributed by atoms with E-state index >= 15 is 0 Å². The molecule has 414 valence electrons. The minimum Gasteiger partial charge on any atom is -0.462 e. The van der Waals surface area contributed by atoms with Crippen molar-refractivity contribution in [1.29, 1.82) is 0 Å². The van der Waals surface area contributed by atoms with Crippen LogP contribution in [0.5, 0.6) is 0 Å². The van der Waals surface area contributed by atoms with Gasteiger partial charge in [0.05, 0.1) is 0 Å². The summed E-state index contributed by atoms with van der Waals surface area (Å²) in [5, 5.41) is 0. The molecule has 0 aliphatic heterocycles. The third-order valence-electron chi connectivity index (χ3n) is 13.8. The first kappa shape index (κ1) is 68.4. The van der Waals surface area contributed by atoms with Crippen LogP contribution in [0.25, 0.3) is 0 Å². The molecule has 0 saturated heterocycles. The van der Waals surface area contributed by atoms with Gasteiger partial charge >= 0.3 is 17.9 Å². The molecule has 0 aromatic rings. The molecule has 0 saturated carbocycles. The van der Waals surface area contributed by atoms with Crippen molar-refractivity contribution in [3.8, 4) is 0 Å². The lowest BCUT2D eigenvalue weighted by atomic mass is 10.0. The molecule has 0 rings (SSSR count). The van der Waals surface area contributed by atoms with Gasteiger partial charge in [-0.2, -0.15) is 0 Å². The van der Waals surface area contributed by atoms with Gasteiger partial charge in [0.1, 0.15) is 13.2 Å². The molecular formula is C65H118O6. The first-order chi connectivity index (χ1) is 35.0. The van der Waals surface area contributed by atoms with E-state index < -0.39 is 6.10 Å². The van der Waals surface area contributed by atoms with E-state index in [0.717, 1.165) is 96.3 Å². The normalized spacial score (nSPS) is 12.3. The number of carbonyl (C=O) groups excluding carboxylic acids is 3. The van der Waals surface area contributed by atoms with Crippen molar-refractivity contribution in [2.45, 2.75) is 335 Å². The van der Waals surface area contributed by atoms with E-state index in [-0.39, 0.29) is 31.1 Å². The van der Waals surface area contributed by atoms with Crippen LogP contribution in [0.3, 0.4) is 0 Å². The number of carbonyl (C=O) groups is 3. The monoisotopic (exact) mass is 995 g/mol. The third-order valence-corrected chi connectivity index (χ3v) is 13.8. The number of rotatable bonds is 57. The van der Waals surface area contributed by atoms with Crippen molar-refractivity contribution >= 4 is 17.9 Å². The van der Waals surface area contributed by atoms with Gasteiger partial charge < -0.3 is 14.2 Å². The lowest BCUT2D eigenvalue weighted by molar-refractivity contribution is -0.167. The van der Waals surface area contributed by atoms with Gasteiger partial charge in [-0.3, -0.25) is 14.4 Å². The van der Waals surface area contributed by atoms with E-state index in [0.29, 0.717) is 19.3 Å². The van der Waals surface area contributed by atoms with Gasteiger partial charge in [-0.05, 0) is 57.8 Å². The highest BCUT2D eigenvalue weighted by Gasteiger charge is 2.19. The maximum absolute atomic E-state index is 12.8. The molecule has 0 radical (unpaired) electrons. The van der Waals surface area contributed by atoms with Crippen LogP contribution in [0, 0.1) is 0 Å². The molecule has 6 nitrogen and oxygen atoms in total. The van der Waals surface area contributed by atoms with Crippen LogP contribution in [0.2, 0.25) is 0 Å². The fourth-order valence-electron chi connectivity index (χ4n) is 9.20. The maximum atomic E-state index is 12.8. The largest absolute Gasteiger partial charge is 0.462 e. The second-order valence-corrected chi connectivity index (χ2v) is 21.0. The Morgan fingerprint density at radius 1 is 0.296 bits per heavy atom. The van der Waals surface area contributed by atoms with Gasteiger partial charge in [0.2, 0.25) is 0 Å². The Kier molecular flexibility index (Phi) is 57.7. The Balaban J connectivity index is 4.15. The fourth-order valence-corrected chi connectivity index (χ4v) is 9.20. The van der Waals surface area contributed by atoms with E-state index in [2.05, 4.69) is 69.4 Å². The van der Waals surface area contributed by atoms with Crippen LogP contribution >= 0.6 is 0 Å². The number of hydrogen-bond donors (Lipinski definition) is 0. The number of esters is 3. The predicted molar refractivity (Wildman–Crippen MR) is 307 cm³/mol. The Morgan fingerprint density at radius 3 is 0.859 bits per heavy atom. The smallest absolute Gasteiger partial charge is 0.306 e. The number of hydrogen-bond acceptors (Lipinski definition) is 6. The number of allylic oxidation sites excluding steroid dienone is 8. The third kappa shape index (κ3) is 58.1. The second-order valence-electron chi connectivity index (χ2n) is 21.0. The molecule has 0 aromatic heterocycles. The zero-order valence-corrected chi connectivity index (χ0v) is 47.5. The lowest BCUT2D eigenvalue weighted by Gasteiger charge is -2.18. The van der Waals surface area contributed by atoms with Gasteiger partial charge in [-0.25, -0.2) is 0 Å². The predicted octanol–water partition coefficient (Wildman–Crippen LogP) is 21.0. The fraction of sp³-hybridized carbons (Fsp3) is 0.831. The van der Waals surface area contributed by atoms with Crippen molar-refractivity contribution < 1.29 is 28.6 Å². The molecule has 0 aromatic carbocycles. The van der Waals surface area contributed by atoms with E-state index in [4.69, 9.17) is 14.2 Å². The van der Waals surface area contributed by atoms with E-state index in [1.54, 1.807) is 0 Å². The average molecular weight is 996 g/mol. The summed E-state index contributed by atoms with van der Waals surface area (Å²) in [4.78, 5) is 38.1. The minimum absolute atomic E-state index is 0.0791. The molecule has 6 heteroatoms. The Bertz CT molecular complexity index is 1230. The summed E-state index contributed by atoms with van der Waals surface area (Å²) in [5.74, 6) is -0.889. The van der Waals surface area contributed by atoms with Gasteiger partial charge in [-0.15, -0.1) is 0 Å². The van der Waals surface area contributed by atoms with Crippen molar-refractivity contribution in [1.82, 2.24) is 0 Å². The zero-order valence-electron chi connectivity index (χ0n) is 47.5. The van der Waals surface area contributed by atoms with Crippen LogP contribution in [0.15, 0.2) is 48.6 Å². The first-order valence-electron chi connectivity index (χ1n) is 31.1. The van der Waals surface area contributed by atoms with E-state index in [1.165, 1.54) is 193 Å². The quantitative estimate of drug-likeness (QED) is 0.0261. The molecule has 0 aliphatic carbocycles. The Hall–Kier alpha value is -2.63. The van der Waals surface area contributed by atoms with Crippen molar-refractivity contribution in [3.63, 3.8) is 0 Å². The molecule has 1 unspecified atom stereocenters. The summed E-state index contributed by atoms with van der Waals surface area (Å²) >= 11 is 0. The van der Waals surface area contributed by atoms with Gasteiger partial charge in [0.15, 0.2) is 6.10 Å². The topological polar surface area (TPSA) is 78.9 Å². The first-order valence-corrected chi connectivity index (χ1v) is 31.1. The van der Waals surface area contributed by atoms with Crippen molar-refractivity contribution in [2.24, 2.45) is 0 Å². The van der Waals surface area contributed by atoms with Crippen LogP contribution in [-0.4, -0.2) is 37.2 Å². The summed E-state index contributed by atoms with van der Waals surface area (Å²) in [6, 6.07) is 0. The SMILES string of the molecule is CC/C=C\C/C=C\C/C=C\C/C=C\CCCCCCC(=O)OC(COC(=O)CCCCCCCCCCC)COC(=O)CCCCCCCCCCCCCCCCCCCCCCCCCCCCC. The lowest BCUT2D eigenvalue weighted by Crippen LogP contribution is -2.30. The van der Waals surface area contributed by atoms with Crippen LogP contribution in [-0.2, 0) is 28.6 Å². The summed E-state index contributed by atoms with van der Waals surface area (Å²) in [7, 11) is 0. The van der Waals surface area contributed by atoms with E-state index in [1.807, 2.05) is 0 Å². The van der Waals surface area contributed by atoms with Crippen LogP contribution in [0.1, 0.15) is 329 Å². The number of unbranched alkanes of at least 4 members (excludes halogenated alkanes) is 38. The second kappa shape index (κ2) is 59.9. The van der Waals surface area contributed by atoms with Crippen molar-refractivity contribution in [3.05, 3.63) is 48.6 Å². The standard InChI is InChI=1S/C65H118O6/c1-4-7-10-13-16-19-21-23-25-27-28-29-30-31-32-33-34-35-36-38-39-41-43-46-49-52-55-58-64(67)70-61-62(60-69-63(66)57-54-51-48-45-18-15-12-9-6-3)71-65(68)59-56-53-50-47-44-42-40-37-26-24-22-20-17-14-11-8-5-2/h8,11,17,20,24,26,40,42,62H,4-7,9-10,12-16,18-19,21-23,25,27-39,41,43-61H2,1-3H3/b11-8-,20-17-,26-24-,42-40-. The molecule has 0 spiro atoms. The molecule has 71 heavy (non-hydrogen) atoms. The minimum atomic E-state index is -0.782. The molecule has 0 amide bonds. The Labute approximate surface area is 441 Å².